The maximum absolute atomic E-state index is 6.39. The second kappa shape index (κ2) is 5.96. The average Bonchev–Trinajstić information content (AvgIpc) is 2.87. The number of halogens is 2. The molecule has 0 radical (unpaired) electrons. The Bertz CT molecular complexity index is 783. The Hall–Kier alpha value is -1.71. The lowest BCUT2D eigenvalue weighted by atomic mass is 10.2. The van der Waals surface area contributed by atoms with Crippen molar-refractivity contribution >= 4 is 34.2 Å². The molecule has 1 heterocycles. The van der Waals surface area contributed by atoms with Gasteiger partial charge in [-0.1, -0.05) is 29.8 Å². The van der Waals surface area contributed by atoms with Gasteiger partial charge in [0.25, 0.3) is 0 Å². The summed E-state index contributed by atoms with van der Waals surface area (Å²) >= 11 is 12.3. The Morgan fingerprint density at radius 1 is 1.14 bits per heavy atom. The van der Waals surface area contributed by atoms with Gasteiger partial charge in [0.2, 0.25) is 0 Å². The minimum Gasteiger partial charge on any atom is -0.495 e. The van der Waals surface area contributed by atoms with E-state index < -0.39 is 0 Å². The zero-order valence-corrected chi connectivity index (χ0v) is 13.0. The summed E-state index contributed by atoms with van der Waals surface area (Å²) in [5.41, 5.74) is 2.65. The summed E-state index contributed by atoms with van der Waals surface area (Å²) in [7, 11) is 1.65. The predicted octanol–water partition coefficient (Wildman–Crippen LogP) is 4.47. The van der Waals surface area contributed by atoms with Gasteiger partial charge in [0.15, 0.2) is 0 Å². The van der Waals surface area contributed by atoms with Gasteiger partial charge in [0.05, 0.1) is 28.9 Å². The van der Waals surface area contributed by atoms with Crippen LogP contribution in [0.2, 0.25) is 5.02 Å². The Morgan fingerprint density at radius 2 is 1.95 bits per heavy atom. The summed E-state index contributed by atoms with van der Waals surface area (Å²) in [6, 6.07) is 13.5. The fraction of sp³-hybridized carbons (Fsp3) is 0.188. The van der Waals surface area contributed by atoms with E-state index in [0.717, 1.165) is 28.3 Å². The third kappa shape index (κ3) is 2.47. The van der Waals surface area contributed by atoms with E-state index in [4.69, 9.17) is 27.9 Å². The van der Waals surface area contributed by atoms with Gasteiger partial charge in [-0.15, -0.1) is 11.6 Å². The van der Waals surface area contributed by atoms with Gasteiger partial charge in [0, 0.05) is 12.3 Å². The van der Waals surface area contributed by atoms with Gasteiger partial charge < -0.3 is 4.74 Å². The van der Waals surface area contributed by atoms with Crippen LogP contribution in [0.5, 0.6) is 5.75 Å². The highest BCUT2D eigenvalue weighted by Crippen LogP contribution is 2.32. The number of benzene rings is 2. The van der Waals surface area contributed by atoms with Crippen molar-refractivity contribution in [2.45, 2.75) is 6.42 Å². The topological polar surface area (TPSA) is 27.1 Å². The van der Waals surface area contributed by atoms with Crippen LogP contribution in [0.25, 0.3) is 16.7 Å². The van der Waals surface area contributed by atoms with Crippen molar-refractivity contribution in [3.8, 4) is 11.4 Å². The van der Waals surface area contributed by atoms with E-state index in [0.29, 0.717) is 17.3 Å². The van der Waals surface area contributed by atoms with Crippen LogP contribution >= 0.6 is 23.2 Å². The summed E-state index contributed by atoms with van der Waals surface area (Å²) < 4.78 is 7.49. The molecule has 0 aliphatic heterocycles. The van der Waals surface area contributed by atoms with Crippen LogP contribution in [0, 0.1) is 0 Å². The normalized spacial score (nSPS) is 11.0. The second-order valence-corrected chi connectivity index (χ2v) is 5.37. The molecule has 108 valence electrons. The number of para-hydroxylation sites is 3. The van der Waals surface area contributed by atoms with Crippen LogP contribution < -0.4 is 4.74 Å². The quantitative estimate of drug-likeness (QED) is 0.663. The first-order valence-corrected chi connectivity index (χ1v) is 7.52. The molecule has 0 fully saturated rings. The maximum atomic E-state index is 6.39. The Morgan fingerprint density at radius 3 is 2.71 bits per heavy atom. The van der Waals surface area contributed by atoms with Crippen LogP contribution in [-0.4, -0.2) is 22.5 Å². The number of methoxy groups -OCH3 is 1. The Labute approximate surface area is 133 Å². The number of aromatic nitrogens is 2. The van der Waals surface area contributed by atoms with Gasteiger partial charge in [0.1, 0.15) is 11.6 Å². The van der Waals surface area contributed by atoms with Gasteiger partial charge in [-0.05, 0) is 24.3 Å². The van der Waals surface area contributed by atoms with Gasteiger partial charge in [-0.3, -0.25) is 4.57 Å². The van der Waals surface area contributed by atoms with E-state index in [-0.39, 0.29) is 0 Å². The minimum atomic E-state index is 0.496. The van der Waals surface area contributed by atoms with Gasteiger partial charge >= 0.3 is 0 Å². The number of fused-ring (bicyclic) bond motifs is 1. The smallest absolute Gasteiger partial charge is 0.142 e. The molecule has 0 saturated heterocycles. The zero-order chi connectivity index (χ0) is 14.8. The standard InChI is InChI=1S/C16H14Cl2N2O/c1-21-14-8-3-2-7-13(14)20-15(9-10-17)19-12-6-4-5-11(18)16(12)20/h2-8H,9-10H2,1H3. The van der Waals surface area contributed by atoms with Crippen LogP contribution in [-0.2, 0) is 6.42 Å². The Balaban J connectivity index is 2.36. The SMILES string of the molecule is COc1ccccc1-n1c(CCCl)nc2cccc(Cl)c21. The molecule has 2 aromatic carbocycles. The number of nitrogens with zero attached hydrogens (tertiary/aromatic N) is 2. The molecule has 0 spiro atoms. The van der Waals surface area contributed by atoms with Crippen LogP contribution in [0.15, 0.2) is 42.5 Å². The second-order valence-electron chi connectivity index (χ2n) is 4.58. The summed E-state index contributed by atoms with van der Waals surface area (Å²) in [6.45, 7) is 0. The van der Waals surface area contributed by atoms with Crippen LogP contribution in [0.4, 0.5) is 0 Å². The van der Waals surface area contributed by atoms with Crippen molar-refractivity contribution in [2.75, 3.05) is 13.0 Å². The van der Waals surface area contributed by atoms with E-state index in [1.165, 1.54) is 0 Å². The van der Waals surface area contributed by atoms with Crippen LogP contribution in [0.1, 0.15) is 5.82 Å². The monoisotopic (exact) mass is 320 g/mol. The van der Waals surface area contributed by atoms with Crippen molar-refractivity contribution in [3.05, 3.63) is 53.3 Å². The molecule has 0 N–H and O–H groups in total. The van der Waals surface area contributed by atoms with Crippen molar-refractivity contribution in [3.63, 3.8) is 0 Å². The molecule has 3 rings (SSSR count). The van der Waals surface area contributed by atoms with Crippen molar-refractivity contribution in [2.24, 2.45) is 0 Å². The lowest BCUT2D eigenvalue weighted by molar-refractivity contribution is 0.413. The molecular formula is C16H14Cl2N2O. The zero-order valence-electron chi connectivity index (χ0n) is 11.5. The third-order valence-electron chi connectivity index (χ3n) is 3.34. The first kappa shape index (κ1) is 14.2. The molecule has 5 heteroatoms. The molecule has 0 aliphatic rings. The molecule has 0 saturated carbocycles. The summed E-state index contributed by atoms with van der Waals surface area (Å²) in [4.78, 5) is 4.65. The van der Waals surface area contributed by atoms with Crippen molar-refractivity contribution in [1.29, 1.82) is 0 Å². The molecule has 3 nitrogen and oxygen atoms in total. The number of aryl methyl sites for hydroxylation is 1. The number of hydrogen-bond donors (Lipinski definition) is 0. The van der Waals surface area contributed by atoms with Crippen LogP contribution in [0.3, 0.4) is 0 Å². The molecule has 0 atom stereocenters. The summed E-state index contributed by atoms with van der Waals surface area (Å²) in [6.07, 6.45) is 0.657. The molecule has 0 amide bonds. The van der Waals surface area contributed by atoms with E-state index in [1.807, 2.05) is 47.0 Å². The van der Waals surface area contributed by atoms with E-state index in [9.17, 15) is 0 Å². The molecule has 1 aromatic heterocycles. The number of hydrogen-bond acceptors (Lipinski definition) is 2. The third-order valence-corrected chi connectivity index (χ3v) is 3.83. The van der Waals surface area contributed by atoms with E-state index in [1.54, 1.807) is 7.11 Å². The Kier molecular flexibility index (Phi) is 4.04. The average molecular weight is 321 g/mol. The highest BCUT2D eigenvalue weighted by Gasteiger charge is 2.17. The minimum absolute atomic E-state index is 0.496. The number of imidazole rings is 1. The molecule has 21 heavy (non-hydrogen) atoms. The summed E-state index contributed by atoms with van der Waals surface area (Å²) in [5.74, 6) is 2.14. The van der Waals surface area contributed by atoms with E-state index >= 15 is 0 Å². The highest BCUT2D eigenvalue weighted by molar-refractivity contribution is 6.35. The molecule has 0 unspecified atom stereocenters. The van der Waals surface area contributed by atoms with Gasteiger partial charge in [-0.25, -0.2) is 4.98 Å². The fourth-order valence-corrected chi connectivity index (χ4v) is 2.88. The van der Waals surface area contributed by atoms with Gasteiger partial charge in [-0.2, -0.15) is 0 Å². The first-order chi connectivity index (χ1) is 10.3. The highest BCUT2D eigenvalue weighted by atomic mass is 35.5. The number of alkyl halides is 1. The first-order valence-electron chi connectivity index (χ1n) is 6.61. The molecule has 3 aromatic rings. The lowest BCUT2D eigenvalue weighted by Crippen LogP contribution is -2.04. The largest absolute Gasteiger partial charge is 0.495 e. The number of rotatable bonds is 4. The molecular weight excluding hydrogens is 307 g/mol. The van der Waals surface area contributed by atoms with E-state index in [2.05, 4.69) is 4.98 Å². The fourth-order valence-electron chi connectivity index (χ4n) is 2.46. The molecule has 0 bridgehead atoms. The maximum Gasteiger partial charge on any atom is 0.142 e. The van der Waals surface area contributed by atoms with Crippen molar-refractivity contribution in [1.82, 2.24) is 9.55 Å². The molecule has 0 aliphatic carbocycles. The number of ether oxygens (including phenoxy) is 1. The summed E-state index contributed by atoms with van der Waals surface area (Å²) in [5, 5.41) is 0.659. The lowest BCUT2D eigenvalue weighted by Gasteiger charge is -2.13. The predicted molar refractivity (Wildman–Crippen MR) is 87.1 cm³/mol. The van der Waals surface area contributed by atoms with Crippen molar-refractivity contribution < 1.29 is 4.74 Å².